The van der Waals surface area contributed by atoms with Gasteiger partial charge in [0.05, 0.1) is 5.56 Å². The van der Waals surface area contributed by atoms with Gasteiger partial charge >= 0.3 is 12.6 Å². The van der Waals surface area contributed by atoms with Crippen molar-refractivity contribution < 1.29 is 32.9 Å². The average molecular weight is 267 g/mol. The molecule has 0 spiro atoms. The van der Waals surface area contributed by atoms with Gasteiger partial charge in [-0.2, -0.15) is 8.78 Å². The number of carbonyl (C=O) groups is 1. The molecule has 0 aromatic heterocycles. The molecule has 1 aromatic carbocycles. The van der Waals surface area contributed by atoms with E-state index in [1.165, 1.54) is 0 Å². The first kappa shape index (κ1) is 11.7. The number of benzene rings is 1. The lowest BCUT2D eigenvalue weighted by Crippen LogP contribution is -2.06. The van der Waals surface area contributed by atoms with E-state index in [1.54, 1.807) is 0 Å². The van der Waals surface area contributed by atoms with Gasteiger partial charge in [0.1, 0.15) is 5.02 Å². The Morgan fingerprint density at radius 2 is 2.24 bits per heavy atom. The summed E-state index contributed by atoms with van der Waals surface area (Å²) in [5.74, 6) is -2.04. The molecule has 1 aliphatic heterocycles. The molecule has 0 bridgehead atoms. The Hall–Kier alpha value is -1.76. The summed E-state index contributed by atoms with van der Waals surface area (Å²) in [6, 6.07) is 1.09. The van der Waals surface area contributed by atoms with Crippen LogP contribution < -0.4 is 14.2 Å². The number of carboxylic acid groups (broad SMARTS) is 1. The van der Waals surface area contributed by atoms with Gasteiger partial charge in [-0.15, -0.1) is 0 Å². The van der Waals surface area contributed by atoms with Crippen LogP contribution in [0.15, 0.2) is 6.07 Å². The van der Waals surface area contributed by atoms with Gasteiger partial charge in [-0.05, 0) is 0 Å². The number of carboxylic acids is 1. The predicted octanol–water partition coefficient (Wildman–Crippen LogP) is 2.37. The first-order valence-electron chi connectivity index (χ1n) is 4.31. The van der Waals surface area contributed by atoms with Crippen molar-refractivity contribution >= 4 is 17.6 Å². The van der Waals surface area contributed by atoms with Crippen molar-refractivity contribution in [1.82, 2.24) is 0 Å². The Balaban J connectivity index is 2.58. The highest BCUT2D eigenvalue weighted by molar-refractivity contribution is 6.35. The molecule has 0 amide bonds. The van der Waals surface area contributed by atoms with Crippen LogP contribution in [0, 0.1) is 0 Å². The molecule has 0 fully saturated rings. The molecule has 2 rings (SSSR count). The minimum Gasteiger partial charge on any atom is -0.478 e. The van der Waals surface area contributed by atoms with Crippen molar-refractivity contribution in [1.29, 1.82) is 0 Å². The fourth-order valence-corrected chi connectivity index (χ4v) is 1.61. The van der Waals surface area contributed by atoms with Gasteiger partial charge in [-0.3, -0.25) is 0 Å². The monoisotopic (exact) mass is 266 g/mol. The summed E-state index contributed by atoms with van der Waals surface area (Å²) in [5.41, 5.74) is -0.397. The van der Waals surface area contributed by atoms with Crippen LogP contribution in [0.3, 0.4) is 0 Å². The number of alkyl halides is 2. The first-order valence-corrected chi connectivity index (χ1v) is 4.68. The lowest BCUT2D eigenvalue weighted by molar-refractivity contribution is -0.0513. The zero-order valence-corrected chi connectivity index (χ0v) is 8.83. The number of halogens is 3. The molecular formula is C9H5ClF2O5. The topological polar surface area (TPSA) is 65.0 Å². The number of rotatable bonds is 3. The fraction of sp³-hybridized carbons (Fsp3) is 0.222. The van der Waals surface area contributed by atoms with Crippen LogP contribution in [0.25, 0.3) is 0 Å². The van der Waals surface area contributed by atoms with Gasteiger partial charge in [-0.1, -0.05) is 11.6 Å². The first-order chi connectivity index (χ1) is 8.00. The van der Waals surface area contributed by atoms with Crippen molar-refractivity contribution in [3.63, 3.8) is 0 Å². The Kier molecular flexibility index (Phi) is 2.93. The molecule has 17 heavy (non-hydrogen) atoms. The normalized spacial score (nSPS) is 12.9. The maximum atomic E-state index is 12.2. The predicted molar refractivity (Wildman–Crippen MR) is 51.2 cm³/mol. The van der Waals surface area contributed by atoms with Crippen molar-refractivity contribution in [3.05, 3.63) is 16.7 Å². The molecule has 0 unspecified atom stereocenters. The van der Waals surface area contributed by atoms with Crippen LogP contribution >= 0.6 is 11.6 Å². The highest BCUT2D eigenvalue weighted by Crippen LogP contribution is 2.47. The van der Waals surface area contributed by atoms with Gasteiger partial charge in [-0.25, -0.2) is 4.79 Å². The molecule has 1 aromatic rings. The van der Waals surface area contributed by atoms with Crippen molar-refractivity contribution in [2.75, 3.05) is 6.79 Å². The number of ether oxygens (including phenoxy) is 3. The van der Waals surface area contributed by atoms with Crippen LogP contribution in [0.2, 0.25) is 5.02 Å². The highest BCUT2D eigenvalue weighted by atomic mass is 35.5. The number of hydrogen-bond acceptors (Lipinski definition) is 4. The third-order valence-corrected chi connectivity index (χ3v) is 2.37. The highest BCUT2D eigenvalue weighted by Gasteiger charge is 2.28. The summed E-state index contributed by atoms with van der Waals surface area (Å²) in [6.07, 6.45) is 0. The quantitative estimate of drug-likeness (QED) is 0.910. The lowest BCUT2D eigenvalue weighted by atomic mass is 10.2. The van der Waals surface area contributed by atoms with Crippen LogP contribution in [0.1, 0.15) is 10.4 Å². The summed E-state index contributed by atoms with van der Waals surface area (Å²) < 4.78 is 38.3. The van der Waals surface area contributed by atoms with Gasteiger partial charge < -0.3 is 19.3 Å². The zero-order valence-electron chi connectivity index (χ0n) is 8.08. The van der Waals surface area contributed by atoms with E-state index in [0.29, 0.717) is 0 Å². The van der Waals surface area contributed by atoms with E-state index in [2.05, 4.69) is 4.74 Å². The number of aromatic carboxylic acids is 1. The molecule has 5 nitrogen and oxygen atoms in total. The molecule has 0 aliphatic carbocycles. The van der Waals surface area contributed by atoms with E-state index in [9.17, 15) is 13.6 Å². The number of hydrogen-bond donors (Lipinski definition) is 1. The second-order valence-corrected chi connectivity index (χ2v) is 3.36. The molecule has 0 atom stereocenters. The molecule has 0 saturated heterocycles. The molecule has 1 N–H and O–H groups in total. The van der Waals surface area contributed by atoms with E-state index in [4.69, 9.17) is 26.2 Å². The van der Waals surface area contributed by atoms with Crippen molar-refractivity contribution in [2.45, 2.75) is 6.61 Å². The van der Waals surface area contributed by atoms with E-state index in [0.717, 1.165) is 6.07 Å². The maximum absolute atomic E-state index is 12.2. The van der Waals surface area contributed by atoms with Crippen LogP contribution in [0.5, 0.6) is 17.2 Å². The summed E-state index contributed by atoms with van der Waals surface area (Å²) in [6.45, 7) is -3.36. The Bertz CT molecular complexity index is 477. The molecule has 0 radical (unpaired) electrons. The molecule has 0 saturated carbocycles. The van der Waals surface area contributed by atoms with E-state index in [-0.39, 0.29) is 18.3 Å². The molecule has 1 aliphatic rings. The van der Waals surface area contributed by atoms with Crippen molar-refractivity contribution in [2.24, 2.45) is 0 Å². The maximum Gasteiger partial charge on any atom is 0.387 e. The van der Waals surface area contributed by atoms with Gasteiger partial charge in [0.25, 0.3) is 0 Å². The lowest BCUT2D eigenvalue weighted by Gasteiger charge is -2.11. The Labute approximate surface area is 98.5 Å². The van der Waals surface area contributed by atoms with Crippen molar-refractivity contribution in [3.8, 4) is 17.2 Å². The SMILES string of the molecule is O=C(O)c1cc2c(c(OC(F)F)c1Cl)OCO2. The smallest absolute Gasteiger partial charge is 0.387 e. The Morgan fingerprint density at radius 1 is 1.53 bits per heavy atom. The third kappa shape index (κ3) is 2.05. The zero-order chi connectivity index (χ0) is 12.6. The molecule has 1 heterocycles. The van der Waals surface area contributed by atoms with Gasteiger partial charge in [0.2, 0.25) is 12.5 Å². The third-order valence-electron chi connectivity index (χ3n) is 2.00. The molecule has 8 heteroatoms. The molecular weight excluding hydrogens is 262 g/mol. The summed E-state index contributed by atoms with van der Waals surface area (Å²) >= 11 is 5.66. The standard InChI is InChI=1S/C9H5ClF2O5/c10-5-3(8(13)14)1-4-6(16-2-15-4)7(5)17-9(11)12/h1,9H,2H2,(H,13,14). The minimum absolute atomic E-state index is 0.00227. The fourth-order valence-electron chi connectivity index (χ4n) is 1.34. The largest absolute Gasteiger partial charge is 0.478 e. The second-order valence-electron chi connectivity index (χ2n) is 2.98. The van der Waals surface area contributed by atoms with Crippen LogP contribution in [-0.4, -0.2) is 24.5 Å². The summed E-state index contributed by atoms with van der Waals surface area (Å²) in [4.78, 5) is 10.8. The minimum atomic E-state index is -3.15. The number of fused-ring (bicyclic) bond motifs is 1. The summed E-state index contributed by atoms with van der Waals surface area (Å²) in [7, 11) is 0. The van der Waals surface area contributed by atoms with Gasteiger partial charge in [0.15, 0.2) is 11.5 Å². The Morgan fingerprint density at radius 3 is 2.82 bits per heavy atom. The van der Waals surface area contributed by atoms with Crippen LogP contribution in [0.4, 0.5) is 8.78 Å². The molecule has 92 valence electrons. The average Bonchev–Trinajstić information content (AvgIpc) is 2.68. The van der Waals surface area contributed by atoms with E-state index < -0.39 is 28.9 Å². The van der Waals surface area contributed by atoms with Crippen LogP contribution in [-0.2, 0) is 0 Å². The second kappa shape index (κ2) is 4.25. The van der Waals surface area contributed by atoms with E-state index in [1.807, 2.05) is 0 Å². The van der Waals surface area contributed by atoms with Gasteiger partial charge in [0, 0.05) is 6.07 Å². The summed E-state index contributed by atoms with van der Waals surface area (Å²) in [5, 5.41) is 8.38. The van der Waals surface area contributed by atoms with E-state index >= 15 is 0 Å².